The second kappa shape index (κ2) is 11.9. The number of sulfonamides is 1. The lowest BCUT2D eigenvalue weighted by Gasteiger charge is -2.22. The van der Waals surface area contributed by atoms with Gasteiger partial charge in [-0.25, -0.2) is 8.42 Å². The highest BCUT2D eigenvalue weighted by Gasteiger charge is 2.28. The molecule has 8 nitrogen and oxygen atoms in total. The summed E-state index contributed by atoms with van der Waals surface area (Å²) >= 11 is 0. The van der Waals surface area contributed by atoms with Crippen LogP contribution in [0.3, 0.4) is 0 Å². The van der Waals surface area contributed by atoms with E-state index in [1.165, 1.54) is 26.4 Å². The molecule has 0 heterocycles. The van der Waals surface area contributed by atoms with Crippen molar-refractivity contribution in [3.63, 3.8) is 0 Å². The molecule has 2 atom stereocenters. The van der Waals surface area contributed by atoms with Crippen LogP contribution in [0.2, 0.25) is 0 Å². The van der Waals surface area contributed by atoms with Crippen molar-refractivity contribution in [1.29, 1.82) is 0 Å². The summed E-state index contributed by atoms with van der Waals surface area (Å²) in [7, 11) is 0.614. The lowest BCUT2D eigenvalue weighted by molar-refractivity contribution is -0.123. The summed E-state index contributed by atoms with van der Waals surface area (Å²) in [5.41, 5.74) is 2.28. The van der Waals surface area contributed by atoms with E-state index in [0.717, 1.165) is 11.1 Å². The van der Waals surface area contributed by atoms with Crippen LogP contribution in [0.25, 0.3) is 0 Å². The van der Waals surface area contributed by atoms with Gasteiger partial charge in [-0.2, -0.15) is 4.72 Å². The molecule has 0 aromatic heterocycles. The highest BCUT2D eigenvalue weighted by Crippen LogP contribution is 2.30. The zero-order valence-corrected chi connectivity index (χ0v) is 21.9. The first-order chi connectivity index (χ1) is 17.2. The first-order valence-electron chi connectivity index (χ1n) is 11.4. The maximum Gasteiger partial charge on any atom is 0.241 e. The number of rotatable bonds is 11. The average molecular weight is 513 g/mol. The molecule has 2 N–H and O–H groups in total. The first-order valence-corrected chi connectivity index (χ1v) is 12.9. The Balaban J connectivity index is 1.86. The highest BCUT2D eigenvalue weighted by atomic mass is 32.2. The maximum atomic E-state index is 13.4. The fourth-order valence-corrected chi connectivity index (χ4v) is 5.11. The van der Waals surface area contributed by atoms with E-state index in [4.69, 9.17) is 14.2 Å². The van der Waals surface area contributed by atoms with Gasteiger partial charge in [0.25, 0.3) is 0 Å². The van der Waals surface area contributed by atoms with Gasteiger partial charge in [-0.3, -0.25) is 4.79 Å². The lowest BCUT2D eigenvalue weighted by Crippen LogP contribution is -2.48. The number of aryl methyl sites for hydroxylation is 1. The van der Waals surface area contributed by atoms with Gasteiger partial charge in [0.1, 0.15) is 11.8 Å². The molecule has 192 valence electrons. The zero-order chi connectivity index (χ0) is 26.3. The molecule has 0 aliphatic rings. The van der Waals surface area contributed by atoms with Crippen LogP contribution >= 0.6 is 0 Å². The molecular formula is C27H32N2O6S. The molecule has 9 heteroatoms. The Hall–Kier alpha value is -3.56. The number of hydrogen-bond acceptors (Lipinski definition) is 6. The van der Waals surface area contributed by atoms with Gasteiger partial charge in [-0.15, -0.1) is 0 Å². The Kier molecular flexibility index (Phi) is 8.95. The lowest BCUT2D eigenvalue weighted by atomic mass is 10.0. The van der Waals surface area contributed by atoms with Gasteiger partial charge in [0.15, 0.2) is 11.5 Å². The third-order valence-electron chi connectivity index (χ3n) is 5.84. The number of methoxy groups -OCH3 is 3. The molecule has 3 aromatic rings. The van der Waals surface area contributed by atoms with Crippen molar-refractivity contribution in [3.8, 4) is 17.2 Å². The van der Waals surface area contributed by atoms with Gasteiger partial charge in [0, 0.05) is 0 Å². The number of benzene rings is 3. The molecule has 36 heavy (non-hydrogen) atoms. The average Bonchev–Trinajstić information content (AvgIpc) is 2.88. The smallest absolute Gasteiger partial charge is 0.241 e. The van der Waals surface area contributed by atoms with E-state index in [0.29, 0.717) is 22.8 Å². The quantitative estimate of drug-likeness (QED) is 0.405. The molecule has 0 radical (unpaired) electrons. The topological polar surface area (TPSA) is 103 Å². The number of amides is 1. The summed E-state index contributed by atoms with van der Waals surface area (Å²) in [6.45, 7) is 3.58. The standard InChI is InChI=1S/C27H32N2O6S/c1-18-15-22(12-14-24(18)33-3)36(31,32)29-23(16-20-9-7-6-8-10-20)27(30)28-19(2)21-11-13-25(34-4)26(17-21)35-5/h6-15,17,19,23,29H,16H2,1-5H3,(H,28,30). The van der Waals surface area contributed by atoms with Crippen molar-refractivity contribution < 1.29 is 27.4 Å². The molecule has 1 amide bonds. The van der Waals surface area contributed by atoms with Crippen molar-refractivity contribution in [1.82, 2.24) is 10.0 Å². The summed E-state index contributed by atoms with van der Waals surface area (Å²) in [4.78, 5) is 13.4. The molecular weight excluding hydrogens is 480 g/mol. The van der Waals surface area contributed by atoms with Gasteiger partial charge in [0.2, 0.25) is 15.9 Å². The normalized spacial score (nSPS) is 12.9. The number of hydrogen-bond donors (Lipinski definition) is 2. The number of nitrogens with one attached hydrogen (secondary N) is 2. The summed E-state index contributed by atoms with van der Waals surface area (Å²) in [6.07, 6.45) is 0.180. The minimum atomic E-state index is -4.00. The van der Waals surface area contributed by atoms with Crippen LogP contribution in [-0.4, -0.2) is 41.7 Å². The van der Waals surface area contributed by atoms with Gasteiger partial charge in [-0.1, -0.05) is 36.4 Å². The Morgan fingerprint density at radius 2 is 1.50 bits per heavy atom. The molecule has 0 spiro atoms. The van der Waals surface area contributed by atoms with Gasteiger partial charge >= 0.3 is 0 Å². The van der Waals surface area contributed by atoms with Crippen LogP contribution in [0.1, 0.15) is 29.7 Å². The number of carbonyl (C=O) groups is 1. The molecule has 3 rings (SSSR count). The van der Waals surface area contributed by atoms with Crippen LogP contribution in [-0.2, 0) is 21.2 Å². The minimum absolute atomic E-state index is 0.0552. The van der Waals surface area contributed by atoms with E-state index in [-0.39, 0.29) is 11.3 Å². The van der Waals surface area contributed by atoms with Crippen LogP contribution in [0, 0.1) is 6.92 Å². The van der Waals surface area contributed by atoms with E-state index in [2.05, 4.69) is 10.0 Å². The van der Waals surface area contributed by atoms with Crippen molar-refractivity contribution in [3.05, 3.63) is 83.4 Å². The second-order valence-corrected chi connectivity index (χ2v) is 10.1. The molecule has 0 saturated carbocycles. The molecule has 3 aromatic carbocycles. The fourth-order valence-electron chi connectivity index (χ4n) is 3.83. The number of carbonyl (C=O) groups excluding carboxylic acids is 1. The molecule has 0 bridgehead atoms. The van der Waals surface area contributed by atoms with Crippen LogP contribution in [0.4, 0.5) is 0 Å². The fraction of sp³-hybridized carbons (Fsp3) is 0.296. The van der Waals surface area contributed by atoms with Gasteiger partial charge in [-0.05, 0) is 67.3 Å². The molecule has 0 aliphatic carbocycles. The SMILES string of the molecule is COc1ccc(S(=O)(=O)NC(Cc2ccccc2)C(=O)NC(C)c2ccc(OC)c(OC)c2)cc1C. The van der Waals surface area contributed by atoms with E-state index < -0.39 is 28.0 Å². The van der Waals surface area contributed by atoms with Crippen LogP contribution < -0.4 is 24.2 Å². The third kappa shape index (κ3) is 6.56. The van der Waals surface area contributed by atoms with Gasteiger partial charge < -0.3 is 19.5 Å². The van der Waals surface area contributed by atoms with Crippen LogP contribution in [0.5, 0.6) is 17.2 Å². The van der Waals surface area contributed by atoms with Crippen molar-refractivity contribution in [2.24, 2.45) is 0 Å². The summed E-state index contributed by atoms with van der Waals surface area (Å²) < 4.78 is 44.9. The Morgan fingerprint density at radius 3 is 2.11 bits per heavy atom. The van der Waals surface area contributed by atoms with Gasteiger partial charge in [0.05, 0.1) is 32.3 Å². The Labute approximate surface area is 212 Å². The predicted octanol–water partition coefficient (Wildman–Crippen LogP) is 3.79. The summed E-state index contributed by atoms with van der Waals surface area (Å²) in [6, 6.07) is 17.7. The minimum Gasteiger partial charge on any atom is -0.496 e. The third-order valence-corrected chi connectivity index (χ3v) is 7.31. The Morgan fingerprint density at radius 1 is 0.861 bits per heavy atom. The van der Waals surface area contributed by atoms with E-state index >= 15 is 0 Å². The predicted molar refractivity (Wildman–Crippen MR) is 138 cm³/mol. The largest absolute Gasteiger partial charge is 0.496 e. The summed E-state index contributed by atoms with van der Waals surface area (Å²) in [5.74, 6) is 1.24. The summed E-state index contributed by atoms with van der Waals surface area (Å²) in [5, 5.41) is 2.93. The van der Waals surface area contributed by atoms with E-state index in [9.17, 15) is 13.2 Å². The van der Waals surface area contributed by atoms with Crippen molar-refractivity contribution in [2.75, 3.05) is 21.3 Å². The zero-order valence-electron chi connectivity index (χ0n) is 21.1. The van der Waals surface area contributed by atoms with Crippen LogP contribution in [0.15, 0.2) is 71.6 Å². The molecule has 0 fully saturated rings. The molecule has 2 unspecified atom stereocenters. The first kappa shape index (κ1) is 27.0. The number of ether oxygens (including phenoxy) is 3. The maximum absolute atomic E-state index is 13.4. The molecule has 0 aliphatic heterocycles. The monoisotopic (exact) mass is 512 g/mol. The Bertz CT molecular complexity index is 1290. The van der Waals surface area contributed by atoms with E-state index in [1.54, 1.807) is 32.2 Å². The second-order valence-electron chi connectivity index (χ2n) is 8.34. The highest BCUT2D eigenvalue weighted by molar-refractivity contribution is 7.89. The molecule has 0 saturated heterocycles. The van der Waals surface area contributed by atoms with E-state index in [1.807, 2.05) is 43.3 Å². The van der Waals surface area contributed by atoms with Crippen molar-refractivity contribution in [2.45, 2.75) is 37.2 Å². The van der Waals surface area contributed by atoms with Crippen molar-refractivity contribution >= 4 is 15.9 Å².